The van der Waals surface area contributed by atoms with Crippen molar-refractivity contribution in [3.63, 3.8) is 0 Å². The molecule has 22 heavy (non-hydrogen) atoms. The SMILES string of the molecule is COc1ccc(-c2cc(CNCC(C)C)c(=O)[nH]n2)cc1C. The first-order valence-electron chi connectivity index (χ1n) is 7.45. The summed E-state index contributed by atoms with van der Waals surface area (Å²) in [6.45, 7) is 7.67. The fourth-order valence-corrected chi connectivity index (χ4v) is 2.26. The van der Waals surface area contributed by atoms with Crippen molar-refractivity contribution in [1.82, 2.24) is 15.5 Å². The van der Waals surface area contributed by atoms with Crippen LogP contribution in [0.5, 0.6) is 5.75 Å². The van der Waals surface area contributed by atoms with Crippen LogP contribution in [0.3, 0.4) is 0 Å². The first kappa shape index (κ1) is 16.2. The summed E-state index contributed by atoms with van der Waals surface area (Å²) in [5, 5.41) is 10.0. The van der Waals surface area contributed by atoms with E-state index in [1.165, 1.54) is 0 Å². The van der Waals surface area contributed by atoms with Gasteiger partial charge in [0.25, 0.3) is 5.56 Å². The van der Waals surface area contributed by atoms with Crippen molar-refractivity contribution in [3.8, 4) is 17.0 Å². The number of methoxy groups -OCH3 is 1. The van der Waals surface area contributed by atoms with Gasteiger partial charge >= 0.3 is 0 Å². The third-order valence-corrected chi connectivity index (χ3v) is 3.44. The zero-order valence-corrected chi connectivity index (χ0v) is 13.6. The maximum atomic E-state index is 11.9. The van der Waals surface area contributed by atoms with Crippen LogP contribution in [0.15, 0.2) is 29.1 Å². The molecule has 0 aliphatic heterocycles. The molecule has 2 aromatic rings. The average molecular weight is 301 g/mol. The summed E-state index contributed by atoms with van der Waals surface area (Å²) in [4.78, 5) is 11.9. The van der Waals surface area contributed by atoms with Crippen LogP contribution >= 0.6 is 0 Å². The van der Waals surface area contributed by atoms with E-state index in [4.69, 9.17) is 4.74 Å². The van der Waals surface area contributed by atoms with Crippen LogP contribution in [0.1, 0.15) is 25.0 Å². The van der Waals surface area contributed by atoms with Crippen molar-refractivity contribution < 1.29 is 4.74 Å². The van der Waals surface area contributed by atoms with Gasteiger partial charge in [-0.15, -0.1) is 0 Å². The van der Waals surface area contributed by atoms with Gasteiger partial charge in [0.1, 0.15) is 5.75 Å². The molecule has 1 aromatic carbocycles. The molecule has 2 rings (SSSR count). The summed E-state index contributed by atoms with van der Waals surface area (Å²) in [5.74, 6) is 1.39. The van der Waals surface area contributed by atoms with Crippen LogP contribution in [0.4, 0.5) is 0 Å². The zero-order valence-electron chi connectivity index (χ0n) is 13.6. The molecule has 0 unspecified atom stereocenters. The number of hydrogen-bond acceptors (Lipinski definition) is 4. The molecule has 5 nitrogen and oxygen atoms in total. The van der Waals surface area contributed by atoms with Crippen LogP contribution < -0.4 is 15.6 Å². The number of benzene rings is 1. The lowest BCUT2D eigenvalue weighted by Gasteiger charge is -2.09. The van der Waals surface area contributed by atoms with Crippen molar-refractivity contribution in [3.05, 3.63) is 45.7 Å². The highest BCUT2D eigenvalue weighted by molar-refractivity contribution is 5.62. The fourth-order valence-electron chi connectivity index (χ4n) is 2.26. The van der Waals surface area contributed by atoms with E-state index >= 15 is 0 Å². The summed E-state index contributed by atoms with van der Waals surface area (Å²) >= 11 is 0. The van der Waals surface area contributed by atoms with Gasteiger partial charge < -0.3 is 10.1 Å². The molecule has 0 atom stereocenters. The quantitative estimate of drug-likeness (QED) is 0.860. The first-order valence-corrected chi connectivity index (χ1v) is 7.45. The third-order valence-electron chi connectivity index (χ3n) is 3.44. The van der Waals surface area contributed by atoms with E-state index in [1.807, 2.05) is 31.2 Å². The van der Waals surface area contributed by atoms with E-state index in [0.29, 0.717) is 18.0 Å². The second-order valence-corrected chi connectivity index (χ2v) is 5.82. The van der Waals surface area contributed by atoms with Crippen molar-refractivity contribution >= 4 is 0 Å². The predicted octanol–water partition coefficient (Wildman–Crippen LogP) is 2.50. The number of rotatable bonds is 6. The minimum Gasteiger partial charge on any atom is -0.496 e. The van der Waals surface area contributed by atoms with Gasteiger partial charge in [-0.2, -0.15) is 5.10 Å². The Hall–Kier alpha value is -2.14. The molecule has 2 N–H and O–H groups in total. The van der Waals surface area contributed by atoms with Gasteiger partial charge in [0.2, 0.25) is 0 Å². The molecule has 0 radical (unpaired) electrons. The van der Waals surface area contributed by atoms with Gasteiger partial charge in [0.15, 0.2) is 0 Å². The smallest absolute Gasteiger partial charge is 0.268 e. The topological polar surface area (TPSA) is 67.0 Å². The van der Waals surface area contributed by atoms with Crippen molar-refractivity contribution in [2.45, 2.75) is 27.3 Å². The lowest BCUT2D eigenvalue weighted by Crippen LogP contribution is -2.24. The van der Waals surface area contributed by atoms with Crippen LogP contribution in [0, 0.1) is 12.8 Å². The van der Waals surface area contributed by atoms with Crippen molar-refractivity contribution in [1.29, 1.82) is 0 Å². The maximum absolute atomic E-state index is 11.9. The summed E-state index contributed by atoms with van der Waals surface area (Å²) in [6.07, 6.45) is 0. The van der Waals surface area contributed by atoms with E-state index in [9.17, 15) is 4.79 Å². The molecule has 0 fully saturated rings. The van der Waals surface area contributed by atoms with Gasteiger partial charge in [0.05, 0.1) is 12.8 Å². The summed E-state index contributed by atoms with van der Waals surface area (Å²) in [7, 11) is 1.65. The standard InChI is InChI=1S/C17H23N3O2/c1-11(2)9-18-10-14-8-15(19-20-17(14)21)13-5-6-16(22-4)12(3)7-13/h5-8,11,18H,9-10H2,1-4H3,(H,20,21). The largest absolute Gasteiger partial charge is 0.496 e. The van der Waals surface area contributed by atoms with Gasteiger partial charge in [-0.25, -0.2) is 5.10 Å². The van der Waals surface area contributed by atoms with E-state index < -0.39 is 0 Å². The van der Waals surface area contributed by atoms with Crippen LogP contribution in [-0.4, -0.2) is 23.9 Å². The predicted molar refractivity (Wildman–Crippen MR) is 88.1 cm³/mol. The molecule has 1 aromatic heterocycles. The Morgan fingerprint density at radius 3 is 2.73 bits per heavy atom. The number of aryl methyl sites for hydroxylation is 1. The molecule has 5 heteroatoms. The van der Waals surface area contributed by atoms with Crippen molar-refractivity contribution in [2.24, 2.45) is 5.92 Å². The molecular formula is C17H23N3O2. The van der Waals surface area contributed by atoms with E-state index in [-0.39, 0.29) is 5.56 Å². The number of ether oxygens (including phenoxy) is 1. The molecule has 1 heterocycles. The minimum absolute atomic E-state index is 0.148. The Morgan fingerprint density at radius 2 is 2.09 bits per heavy atom. The Bertz CT molecular complexity index is 693. The Morgan fingerprint density at radius 1 is 1.32 bits per heavy atom. The molecule has 118 valence electrons. The number of nitrogens with zero attached hydrogens (tertiary/aromatic N) is 1. The number of hydrogen-bond donors (Lipinski definition) is 2. The lowest BCUT2D eigenvalue weighted by molar-refractivity contribution is 0.412. The normalized spacial score (nSPS) is 11.0. The second kappa shape index (κ2) is 7.22. The fraction of sp³-hybridized carbons (Fsp3) is 0.412. The molecule has 0 spiro atoms. The summed E-state index contributed by atoms with van der Waals surface area (Å²) < 4.78 is 5.27. The van der Waals surface area contributed by atoms with Gasteiger partial charge in [-0.3, -0.25) is 4.79 Å². The number of H-pyrrole nitrogens is 1. The third kappa shape index (κ3) is 3.95. The van der Waals surface area contributed by atoms with E-state index in [0.717, 1.165) is 29.1 Å². The molecule has 0 saturated heterocycles. The number of aromatic nitrogens is 2. The Balaban J connectivity index is 2.25. The molecule has 0 saturated carbocycles. The monoisotopic (exact) mass is 301 g/mol. The second-order valence-electron chi connectivity index (χ2n) is 5.82. The van der Waals surface area contributed by atoms with Crippen molar-refractivity contribution in [2.75, 3.05) is 13.7 Å². The number of aromatic amines is 1. The molecular weight excluding hydrogens is 278 g/mol. The Kier molecular flexibility index (Phi) is 5.33. The highest BCUT2D eigenvalue weighted by Crippen LogP contribution is 2.24. The lowest BCUT2D eigenvalue weighted by atomic mass is 10.1. The van der Waals surface area contributed by atoms with E-state index in [1.54, 1.807) is 7.11 Å². The van der Waals surface area contributed by atoms with E-state index in [2.05, 4.69) is 29.4 Å². The van der Waals surface area contributed by atoms with Gasteiger partial charge in [0, 0.05) is 17.7 Å². The number of nitrogens with one attached hydrogen (secondary N) is 2. The minimum atomic E-state index is -0.148. The highest BCUT2D eigenvalue weighted by atomic mass is 16.5. The molecule has 0 aliphatic carbocycles. The average Bonchev–Trinajstić information content (AvgIpc) is 2.48. The van der Waals surface area contributed by atoms with Gasteiger partial charge in [-0.1, -0.05) is 13.8 Å². The Labute approximate surface area is 130 Å². The summed E-state index contributed by atoms with van der Waals surface area (Å²) in [5.41, 5.74) is 3.29. The van der Waals surface area contributed by atoms with Crippen LogP contribution in [0.25, 0.3) is 11.3 Å². The molecule has 0 amide bonds. The highest BCUT2D eigenvalue weighted by Gasteiger charge is 2.07. The van der Waals surface area contributed by atoms with Gasteiger partial charge in [-0.05, 0) is 49.2 Å². The zero-order chi connectivity index (χ0) is 16.1. The molecule has 0 bridgehead atoms. The first-order chi connectivity index (χ1) is 10.5. The van der Waals surface area contributed by atoms with Crippen LogP contribution in [0.2, 0.25) is 0 Å². The molecule has 0 aliphatic rings. The van der Waals surface area contributed by atoms with Crippen LogP contribution in [-0.2, 0) is 6.54 Å². The summed E-state index contributed by atoms with van der Waals surface area (Å²) in [6, 6.07) is 7.70. The maximum Gasteiger partial charge on any atom is 0.268 e.